The van der Waals surface area contributed by atoms with Gasteiger partial charge in [-0.25, -0.2) is 0 Å². The van der Waals surface area contributed by atoms with Crippen molar-refractivity contribution in [3.8, 4) is 12.3 Å². The van der Waals surface area contributed by atoms with E-state index in [1.165, 1.54) is 0 Å². The van der Waals surface area contributed by atoms with Gasteiger partial charge in [-0.05, 0) is 13.8 Å². The molecule has 78 valence electrons. The van der Waals surface area contributed by atoms with Gasteiger partial charge in [0.15, 0.2) is 0 Å². The van der Waals surface area contributed by atoms with Crippen LogP contribution in [0.15, 0.2) is 25.3 Å². The standard InChI is InChI=1S/C11H17O2P/c1-6-9-13-14(12,10-7-2)11(4,5)8-3/h3,6-7H,1-2,9-10H2,4-5H3. The molecule has 0 fully saturated rings. The lowest BCUT2D eigenvalue weighted by Crippen LogP contribution is -2.21. The van der Waals surface area contributed by atoms with Gasteiger partial charge in [-0.15, -0.1) is 19.6 Å². The fourth-order valence-corrected chi connectivity index (χ4v) is 2.65. The molecule has 0 aromatic carbocycles. The molecule has 0 aromatic heterocycles. The van der Waals surface area contributed by atoms with Gasteiger partial charge in [0.05, 0.1) is 6.61 Å². The average Bonchev–Trinajstić information content (AvgIpc) is 2.15. The van der Waals surface area contributed by atoms with Crippen LogP contribution in [-0.2, 0) is 9.09 Å². The summed E-state index contributed by atoms with van der Waals surface area (Å²) in [4.78, 5) is 0. The Morgan fingerprint density at radius 1 is 1.50 bits per heavy atom. The van der Waals surface area contributed by atoms with Gasteiger partial charge in [-0.1, -0.05) is 18.1 Å². The highest BCUT2D eigenvalue weighted by molar-refractivity contribution is 7.61. The van der Waals surface area contributed by atoms with E-state index in [1.54, 1.807) is 26.0 Å². The van der Waals surface area contributed by atoms with Crippen molar-refractivity contribution in [3.63, 3.8) is 0 Å². The first-order valence-corrected chi connectivity index (χ1v) is 6.18. The summed E-state index contributed by atoms with van der Waals surface area (Å²) in [5.74, 6) is 2.51. The highest BCUT2D eigenvalue weighted by Crippen LogP contribution is 2.58. The minimum Gasteiger partial charge on any atom is -0.323 e. The van der Waals surface area contributed by atoms with Crippen LogP contribution in [0.25, 0.3) is 0 Å². The van der Waals surface area contributed by atoms with Crippen LogP contribution in [-0.4, -0.2) is 17.9 Å². The molecular weight excluding hydrogens is 195 g/mol. The van der Waals surface area contributed by atoms with E-state index < -0.39 is 12.5 Å². The molecule has 0 spiro atoms. The second kappa shape index (κ2) is 5.20. The molecule has 0 N–H and O–H groups in total. The van der Waals surface area contributed by atoms with Gasteiger partial charge in [-0.2, -0.15) is 0 Å². The predicted octanol–water partition coefficient (Wildman–Crippen LogP) is 3.06. The summed E-state index contributed by atoms with van der Waals surface area (Å²) in [7, 11) is -2.86. The van der Waals surface area contributed by atoms with E-state index in [0.717, 1.165) is 0 Å². The predicted molar refractivity (Wildman–Crippen MR) is 61.7 cm³/mol. The van der Waals surface area contributed by atoms with Crippen molar-refractivity contribution in [2.75, 3.05) is 12.8 Å². The van der Waals surface area contributed by atoms with Crippen molar-refractivity contribution >= 4 is 7.37 Å². The van der Waals surface area contributed by atoms with Gasteiger partial charge < -0.3 is 4.52 Å². The van der Waals surface area contributed by atoms with Crippen molar-refractivity contribution in [3.05, 3.63) is 25.3 Å². The van der Waals surface area contributed by atoms with Crippen molar-refractivity contribution in [2.24, 2.45) is 0 Å². The number of hydrogen-bond donors (Lipinski definition) is 0. The first-order valence-electron chi connectivity index (χ1n) is 4.37. The summed E-state index contributed by atoms with van der Waals surface area (Å²) >= 11 is 0. The third kappa shape index (κ3) is 2.87. The molecule has 0 bridgehead atoms. The van der Waals surface area contributed by atoms with E-state index in [1.807, 2.05) is 0 Å². The lowest BCUT2D eigenvalue weighted by Gasteiger charge is -2.28. The number of hydrogen-bond acceptors (Lipinski definition) is 2. The van der Waals surface area contributed by atoms with Crippen molar-refractivity contribution in [1.29, 1.82) is 0 Å². The second-order valence-corrected chi connectivity index (χ2v) is 6.52. The van der Waals surface area contributed by atoms with Crippen molar-refractivity contribution in [1.82, 2.24) is 0 Å². The minimum absolute atomic E-state index is 0.246. The molecule has 0 amide bonds. The zero-order valence-electron chi connectivity index (χ0n) is 8.82. The zero-order chi connectivity index (χ0) is 11.2. The minimum atomic E-state index is -2.86. The Labute approximate surface area is 86.5 Å². The summed E-state index contributed by atoms with van der Waals surface area (Å²) in [6.07, 6.45) is 8.75. The molecule has 3 heteroatoms. The molecule has 0 aliphatic heterocycles. The SMILES string of the molecule is C#CC(C)(C)P(=O)(CC=C)OCC=C. The monoisotopic (exact) mass is 212 g/mol. The van der Waals surface area contributed by atoms with Gasteiger partial charge in [0.1, 0.15) is 5.16 Å². The fraction of sp³-hybridized carbons (Fsp3) is 0.455. The normalized spacial score (nSPS) is 15.2. The van der Waals surface area contributed by atoms with Crippen LogP contribution in [0.5, 0.6) is 0 Å². The van der Waals surface area contributed by atoms with Gasteiger partial charge in [-0.3, -0.25) is 4.57 Å². The Balaban J connectivity index is 4.90. The highest BCUT2D eigenvalue weighted by Gasteiger charge is 2.38. The Hall–Kier alpha value is -0.770. The lowest BCUT2D eigenvalue weighted by atomic mass is 10.2. The molecule has 0 radical (unpaired) electrons. The van der Waals surface area contributed by atoms with E-state index >= 15 is 0 Å². The maximum Gasteiger partial charge on any atom is 0.224 e. The molecule has 0 aliphatic carbocycles. The third-order valence-corrected chi connectivity index (χ3v) is 5.11. The van der Waals surface area contributed by atoms with Gasteiger partial charge in [0.25, 0.3) is 0 Å². The summed E-state index contributed by atoms with van der Waals surface area (Å²) in [6, 6.07) is 0. The molecule has 0 aromatic rings. The Kier molecular flexibility index (Phi) is 4.91. The first kappa shape index (κ1) is 13.2. The molecule has 0 aliphatic rings. The summed E-state index contributed by atoms with van der Waals surface area (Å²) < 4.78 is 17.6. The topological polar surface area (TPSA) is 26.3 Å². The number of terminal acetylenes is 1. The number of allylic oxidation sites excluding steroid dienone is 1. The number of rotatable bonds is 6. The lowest BCUT2D eigenvalue weighted by molar-refractivity contribution is 0.342. The van der Waals surface area contributed by atoms with Crippen LogP contribution < -0.4 is 0 Å². The van der Waals surface area contributed by atoms with Crippen LogP contribution >= 0.6 is 7.37 Å². The largest absolute Gasteiger partial charge is 0.323 e. The van der Waals surface area contributed by atoms with E-state index in [2.05, 4.69) is 19.1 Å². The molecule has 2 nitrogen and oxygen atoms in total. The molecule has 0 saturated carbocycles. The van der Waals surface area contributed by atoms with Crippen LogP contribution in [0, 0.1) is 12.3 Å². The quantitative estimate of drug-likeness (QED) is 0.384. The van der Waals surface area contributed by atoms with E-state index in [9.17, 15) is 4.57 Å². The summed E-state index contributed by atoms with van der Waals surface area (Å²) in [5.41, 5.74) is 0. The zero-order valence-corrected chi connectivity index (χ0v) is 9.72. The summed E-state index contributed by atoms with van der Waals surface area (Å²) in [6.45, 7) is 10.8. The Morgan fingerprint density at radius 2 is 2.07 bits per heavy atom. The van der Waals surface area contributed by atoms with Crippen LogP contribution in [0.1, 0.15) is 13.8 Å². The molecule has 1 atom stereocenters. The van der Waals surface area contributed by atoms with Crippen LogP contribution in [0.3, 0.4) is 0 Å². The smallest absolute Gasteiger partial charge is 0.224 e. The molecule has 0 saturated heterocycles. The molecule has 1 unspecified atom stereocenters. The van der Waals surface area contributed by atoms with Gasteiger partial charge in [0.2, 0.25) is 7.37 Å². The van der Waals surface area contributed by atoms with Crippen molar-refractivity contribution in [2.45, 2.75) is 19.0 Å². The van der Waals surface area contributed by atoms with Gasteiger partial charge >= 0.3 is 0 Å². The van der Waals surface area contributed by atoms with Gasteiger partial charge in [0, 0.05) is 6.16 Å². The van der Waals surface area contributed by atoms with Crippen LogP contribution in [0.2, 0.25) is 0 Å². The third-order valence-electron chi connectivity index (χ3n) is 1.98. The molecule has 0 heterocycles. The molecule has 14 heavy (non-hydrogen) atoms. The average molecular weight is 212 g/mol. The van der Waals surface area contributed by atoms with E-state index in [0.29, 0.717) is 0 Å². The Bertz CT molecular complexity index is 297. The second-order valence-electron chi connectivity index (χ2n) is 3.43. The maximum absolute atomic E-state index is 12.3. The fourth-order valence-electron chi connectivity index (χ4n) is 0.884. The van der Waals surface area contributed by atoms with Crippen molar-refractivity contribution < 1.29 is 9.09 Å². The Morgan fingerprint density at radius 3 is 2.43 bits per heavy atom. The molecule has 0 rings (SSSR count). The first-order chi connectivity index (χ1) is 6.43. The summed E-state index contributed by atoms with van der Waals surface area (Å²) in [5, 5.41) is -0.760. The maximum atomic E-state index is 12.3. The highest BCUT2D eigenvalue weighted by atomic mass is 31.2. The van der Waals surface area contributed by atoms with E-state index in [4.69, 9.17) is 10.9 Å². The molecular formula is C11H17O2P. The van der Waals surface area contributed by atoms with E-state index in [-0.39, 0.29) is 12.8 Å². The van der Waals surface area contributed by atoms with Crippen LogP contribution in [0.4, 0.5) is 0 Å².